The van der Waals surface area contributed by atoms with Crippen LogP contribution in [-0.2, 0) is 21.4 Å². The number of nitrogens with zero attached hydrogens (tertiary/aromatic N) is 2. The van der Waals surface area contributed by atoms with Gasteiger partial charge in [0.25, 0.3) is 0 Å². The van der Waals surface area contributed by atoms with Crippen LogP contribution in [0.25, 0.3) is 11.6 Å². The summed E-state index contributed by atoms with van der Waals surface area (Å²) in [7, 11) is 1.24. The van der Waals surface area contributed by atoms with Crippen LogP contribution in [0.15, 0.2) is 51.5 Å². The molecular formula is C30H28FN5O6. The van der Waals surface area contributed by atoms with Crippen molar-refractivity contribution in [3.8, 4) is 17.3 Å². The van der Waals surface area contributed by atoms with E-state index in [1.165, 1.54) is 25.5 Å². The molecule has 4 bridgehead atoms. The van der Waals surface area contributed by atoms with E-state index in [1.54, 1.807) is 12.1 Å². The molecular weight excluding hydrogens is 545 g/mol. The molecule has 0 saturated carbocycles. The summed E-state index contributed by atoms with van der Waals surface area (Å²) in [6, 6.07) is 8.41. The summed E-state index contributed by atoms with van der Waals surface area (Å²) in [5.74, 6) is -0.585. The number of carbonyl (C=O) groups is 2. The first-order chi connectivity index (χ1) is 20.0. The van der Waals surface area contributed by atoms with E-state index in [0.717, 1.165) is 5.56 Å². The van der Waals surface area contributed by atoms with Gasteiger partial charge in [-0.15, -0.1) is 0 Å². The first-order valence-corrected chi connectivity index (χ1v) is 13.5. The van der Waals surface area contributed by atoms with Gasteiger partial charge >= 0.3 is 5.97 Å². The zero-order chi connectivity index (χ0) is 29.6. The van der Waals surface area contributed by atoms with Crippen molar-refractivity contribution in [3.05, 3.63) is 82.5 Å². The van der Waals surface area contributed by atoms with Crippen molar-refractivity contribution in [1.82, 2.24) is 15.3 Å². The Hall–Kier alpha value is -4.71. The quantitative estimate of drug-likeness (QED) is 0.302. The lowest BCUT2D eigenvalue weighted by Gasteiger charge is -2.31. The van der Waals surface area contributed by atoms with Crippen LogP contribution < -0.4 is 21.1 Å². The third-order valence-electron chi connectivity index (χ3n) is 8.10. The highest BCUT2D eigenvalue weighted by Crippen LogP contribution is 2.59. The molecule has 216 valence electrons. The van der Waals surface area contributed by atoms with Crippen LogP contribution in [0.3, 0.4) is 0 Å². The molecule has 4 aromatic rings. The average molecular weight is 574 g/mol. The molecule has 1 spiro atoms. The van der Waals surface area contributed by atoms with E-state index < -0.39 is 40.9 Å². The van der Waals surface area contributed by atoms with E-state index in [1.807, 2.05) is 32.9 Å². The first kappa shape index (κ1) is 26.2. The fourth-order valence-corrected chi connectivity index (χ4v) is 6.07. The number of carbonyl (C=O) groups excluding carboxylic acids is 2. The fraction of sp³-hybridized carbons (Fsp3) is 0.333. The number of aromatic nitrogens is 2. The van der Waals surface area contributed by atoms with Crippen LogP contribution in [0.4, 0.5) is 10.1 Å². The van der Waals surface area contributed by atoms with Crippen molar-refractivity contribution in [1.29, 1.82) is 0 Å². The molecule has 5 heterocycles. The molecule has 7 rings (SSSR count). The van der Waals surface area contributed by atoms with Gasteiger partial charge < -0.3 is 34.7 Å². The Labute approximate surface area is 239 Å². The number of amides is 1. The number of oxazole rings is 2. The van der Waals surface area contributed by atoms with Crippen LogP contribution in [0.2, 0.25) is 0 Å². The van der Waals surface area contributed by atoms with Crippen LogP contribution in [0.1, 0.15) is 65.6 Å². The minimum absolute atomic E-state index is 0.0199. The van der Waals surface area contributed by atoms with Gasteiger partial charge in [-0.1, -0.05) is 32.9 Å². The maximum Gasteiger partial charge on any atom is 0.360 e. The predicted molar refractivity (Wildman–Crippen MR) is 146 cm³/mol. The normalized spacial score (nSPS) is 24.0. The summed E-state index contributed by atoms with van der Waals surface area (Å²) in [5.41, 5.74) is 7.32. The molecule has 3 aliphatic heterocycles. The molecule has 4 N–H and O–H groups in total. The maximum absolute atomic E-state index is 15.0. The van der Waals surface area contributed by atoms with Crippen molar-refractivity contribution in [2.75, 3.05) is 12.4 Å². The molecule has 1 amide bonds. The summed E-state index contributed by atoms with van der Waals surface area (Å²) in [6.45, 7) is 5.80. The second-order valence-electron chi connectivity index (χ2n) is 11.8. The van der Waals surface area contributed by atoms with Gasteiger partial charge in [0.1, 0.15) is 29.3 Å². The Kier molecular flexibility index (Phi) is 5.55. The second-order valence-corrected chi connectivity index (χ2v) is 11.8. The Bertz CT molecular complexity index is 1770. The van der Waals surface area contributed by atoms with Crippen molar-refractivity contribution >= 4 is 17.6 Å². The zero-order valence-electron chi connectivity index (χ0n) is 23.3. The Morgan fingerprint density at radius 3 is 2.71 bits per heavy atom. The molecule has 12 heteroatoms. The van der Waals surface area contributed by atoms with E-state index in [2.05, 4.69) is 15.6 Å². The minimum Gasteiger partial charge on any atom is -0.469 e. The van der Waals surface area contributed by atoms with E-state index in [0.29, 0.717) is 22.6 Å². The van der Waals surface area contributed by atoms with Gasteiger partial charge in [0.15, 0.2) is 23.4 Å². The fourth-order valence-electron chi connectivity index (χ4n) is 6.07. The van der Waals surface area contributed by atoms with Gasteiger partial charge in [0.2, 0.25) is 17.7 Å². The maximum atomic E-state index is 15.0. The number of hydrogen-bond acceptors (Lipinski definition) is 10. The number of benzene rings is 2. The minimum atomic E-state index is -1.25. The number of nitrogens with two attached hydrogens (primary N) is 1. The van der Waals surface area contributed by atoms with Gasteiger partial charge in [-0.25, -0.2) is 19.2 Å². The van der Waals surface area contributed by atoms with Crippen molar-refractivity contribution in [2.24, 2.45) is 11.1 Å². The third kappa shape index (κ3) is 3.67. The van der Waals surface area contributed by atoms with Gasteiger partial charge in [-0.05, 0) is 41.7 Å². The highest BCUT2D eigenvalue weighted by atomic mass is 19.1. The molecule has 3 aliphatic rings. The van der Waals surface area contributed by atoms with Gasteiger partial charge in [-0.2, -0.15) is 0 Å². The number of hydrogen-bond donors (Lipinski definition) is 3. The molecule has 4 atom stereocenters. The summed E-state index contributed by atoms with van der Waals surface area (Å²) in [5, 5.41) is 6.39. The number of fused-ring (bicyclic) bond motifs is 4. The number of methoxy groups -OCH3 is 1. The van der Waals surface area contributed by atoms with E-state index in [-0.39, 0.29) is 41.3 Å². The topological polar surface area (TPSA) is 155 Å². The van der Waals surface area contributed by atoms with E-state index in [4.69, 9.17) is 29.0 Å². The number of halogens is 1. The number of rotatable bonds is 2. The lowest BCUT2D eigenvalue weighted by Crippen LogP contribution is -2.46. The number of ether oxygens (including phenoxy) is 2. The van der Waals surface area contributed by atoms with Crippen LogP contribution in [0.5, 0.6) is 5.75 Å². The van der Waals surface area contributed by atoms with E-state index in [9.17, 15) is 14.0 Å². The highest BCUT2D eigenvalue weighted by molar-refractivity contribution is 5.87. The van der Waals surface area contributed by atoms with Crippen molar-refractivity contribution in [2.45, 2.75) is 50.9 Å². The summed E-state index contributed by atoms with van der Waals surface area (Å²) >= 11 is 0. The summed E-state index contributed by atoms with van der Waals surface area (Å²) in [6.07, 6.45) is 0.665. The highest BCUT2D eigenvalue weighted by Gasteiger charge is 2.61. The third-order valence-corrected chi connectivity index (χ3v) is 8.10. The summed E-state index contributed by atoms with van der Waals surface area (Å²) < 4.78 is 38.6. The molecule has 2 aromatic heterocycles. The summed E-state index contributed by atoms with van der Waals surface area (Å²) in [4.78, 5) is 34.8. The van der Waals surface area contributed by atoms with Crippen LogP contribution in [0, 0.1) is 11.2 Å². The molecule has 0 fully saturated rings. The van der Waals surface area contributed by atoms with Crippen molar-refractivity contribution in [3.63, 3.8) is 0 Å². The van der Waals surface area contributed by atoms with Gasteiger partial charge in [0, 0.05) is 16.8 Å². The van der Waals surface area contributed by atoms with Crippen LogP contribution >= 0.6 is 0 Å². The molecule has 0 aliphatic carbocycles. The number of anilines is 1. The Balaban J connectivity index is 1.58. The lowest BCUT2D eigenvalue weighted by atomic mass is 9.72. The number of esters is 1. The Morgan fingerprint density at radius 2 is 1.95 bits per heavy atom. The molecule has 11 nitrogen and oxygen atoms in total. The lowest BCUT2D eigenvalue weighted by molar-refractivity contribution is -0.124. The van der Waals surface area contributed by atoms with Crippen LogP contribution in [-0.4, -0.2) is 41.2 Å². The predicted octanol–water partition coefficient (Wildman–Crippen LogP) is 3.82. The first-order valence-electron chi connectivity index (χ1n) is 13.5. The number of nitrogens with one attached hydrogen (secondary N) is 2. The molecule has 4 unspecified atom stereocenters. The average Bonchev–Trinajstić information content (AvgIpc) is 3.71. The molecule has 42 heavy (non-hydrogen) atoms. The Morgan fingerprint density at radius 1 is 1.14 bits per heavy atom. The smallest absolute Gasteiger partial charge is 0.360 e. The second kappa shape index (κ2) is 8.89. The molecule has 2 aromatic carbocycles. The van der Waals surface area contributed by atoms with Gasteiger partial charge in [0.05, 0.1) is 13.2 Å². The molecule has 0 radical (unpaired) electrons. The van der Waals surface area contributed by atoms with E-state index >= 15 is 0 Å². The standard InChI is InChI=1S/C30H28FN5O6/c1-29(2,3)22-26-35-21(25-33-19(12-40-25)27(38)39-4)23(42-26)30-15-11-14(31)6-7-18(15)34-28(30)41-20-8-5-13(9-16(20)30)10-17(32)24(37)36-22/h5-9,11-12,17,22,28,34H,10,32H2,1-4H3,(H,36,37). The SMILES string of the molecule is COC(=O)c1coc(-c2nc3oc2C24c5cc(F)ccc5NC2Oc2ccc(cc24)CC(N)C(=O)NC3C(C)(C)C)n1. The largest absolute Gasteiger partial charge is 0.469 e. The molecule has 0 saturated heterocycles. The van der Waals surface area contributed by atoms with Gasteiger partial charge in [-0.3, -0.25) is 4.79 Å². The zero-order valence-corrected chi connectivity index (χ0v) is 23.3. The monoisotopic (exact) mass is 573 g/mol. The van der Waals surface area contributed by atoms with Crippen molar-refractivity contribution < 1.29 is 32.3 Å².